The Bertz CT molecular complexity index is 782. The Hall–Kier alpha value is -2.17. The number of unbranched alkanes of at least 4 members (excludes halogenated alkanes) is 2. The molecule has 0 aromatic heterocycles. The summed E-state index contributed by atoms with van der Waals surface area (Å²) in [5.41, 5.74) is 2.64. The van der Waals surface area contributed by atoms with E-state index in [9.17, 15) is 4.79 Å². The zero-order chi connectivity index (χ0) is 21.4. The van der Waals surface area contributed by atoms with Crippen LogP contribution in [0.5, 0.6) is 0 Å². The van der Waals surface area contributed by atoms with Gasteiger partial charge in [-0.2, -0.15) is 0 Å². The molecule has 2 aromatic rings. The lowest BCUT2D eigenvalue weighted by Gasteiger charge is -2.39. The molecule has 1 fully saturated rings. The summed E-state index contributed by atoms with van der Waals surface area (Å²) in [6, 6.07) is 18.6. The maximum atomic E-state index is 13.9. The molecule has 0 saturated carbocycles. The Morgan fingerprint density at radius 3 is 2.27 bits per heavy atom. The smallest absolute Gasteiger partial charge is 0.183 e. The molecule has 1 aliphatic heterocycles. The summed E-state index contributed by atoms with van der Waals surface area (Å²) in [5.74, 6) is 0.223. The zero-order valence-corrected chi connectivity index (χ0v) is 18.8. The molecule has 1 unspecified atom stereocenters. The lowest BCUT2D eigenvalue weighted by molar-refractivity contribution is 0.0646. The number of hydrogen-bond acceptors (Lipinski definition) is 4. The molecule has 0 aliphatic carbocycles. The first-order chi connectivity index (χ1) is 14.6. The Kier molecular flexibility index (Phi) is 8.06. The SMILES string of the molecule is CCCCCC(Cc1ccccc1)(C(=O)c1ccc(N2CCOCC2)cc1)N(C)C. The molecule has 0 N–H and O–H groups in total. The van der Waals surface area contributed by atoms with E-state index in [0.29, 0.717) is 0 Å². The van der Waals surface area contributed by atoms with Crippen LogP contribution in [0.15, 0.2) is 54.6 Å². The van der Waals surface area contributed by atoms with Gasteiger partial charge in [-0.25, -0.2) is 0 Å². The first kappa shape index (κ1) is 22.5. The highest BCUT2D eigenvalue weighted by Crippen LogP contribution is 2.31. The summed E-state index contributed by atoms with van der Waals surface area (Å²) < 4.78 is 5.46. The van der Waals surface area contributed by atoms with Crippen LogP contribution in [0.25, 0.3) is 0 Å². The van der Waals surface area contributed by atoms with E-state index in [2.05, 4.69) is 67.2 Å². The van der Waals surface area contributed by atoms with Gasteiger partial charge >= 0.3 is 0 Å². The second kappa shape index (κ2) is 10.7. The van der Waals surface area contributed by atoms with Gasteiger partial charge in [0, 0.05) is 24.3 Å². The van der Waals surface area contributed by atoms with E-state index in [1.807, 2.05) is 18.2 Å². The van der Waals surface area contributed by atoms with Crippen LogP contribution in [0, 0.1) is 0 Å². The number of likely N-dealkylation sites (N-methyl/N-ethyl adjacent to an activating group) is 1. The van der Waals surface area contributed by atoms with Gasteiger partial charge in [0.2, 0.25) is 0 Å². The van der Waals surface area contributed by atoms with Gasteiger partial charge in [-0.15, -0.1) is 0 Å². The van der Waals surface area contributed by atoms with Crippen molar-refractivity contribution < 1.29 is 9.53 Å². The summed E-state index contributed by atoms with van der Waals surface area (Å²) in [6.45, 7) is 5.54. The fourth-order valence-corrected chi connectivity index (χ4v) is 4.38. The molecule has 0 amide bonds. The molecule has 30 heavy (non-hydrogen) atoms. The van der Waals surface area contributed by atoms with E-state index >= 15 is 0 Å². The predicted octanol–water partition coefficient (Wildman–Crippen LogP) is 4.83. The standard InChI is InChI=1S/C26H36N2O2/c1-4-5-9-16-26(27(2)3,21-22-10-7-6-8-11-22)25(29)23-12-14-24(15-13-23)28-17-19-30-20-18-28/h6-8,10-15H,4-5,9,16-21H2,1-3H3. The van der Waals surface area contributed by atoms with Crippen molar-refractivity contribution in [1.29, 1.82) is 0 Å². The Balaban J connectivity index is 1.87. The maximum Gasteiger partial charge on any atom is 0.183 e. The van der Waals surface area contributed by atoms with Crippen molar-refractivity contribution in [2.75, 3.05) is 45.3 Å². The van der Waals surface area contributed by atoms with Gasteiger partial charge in [-0.1, -0.05) is 56.5 Å². The van der Waals surface area contributed by atoms with Crippen LogP contribution in [0.1, 0.15) is 48.5 Å². The Morgan fingerprint density at radius 1 is 1.00 bits per heavy atom. The number of carbonyl (C=O) groups excluding carboxylic acids is 1. The lowest BCUT2D eigenvalue weighted by Crippen LogP contribution is -2.53. The van der Waals surface area contributed by atoms with Crippen LogP contribution < -0.4 is 4.90 Å². The number of hydrogen-bond donors (Lipinski definition) is 0. The third-order valence-corrected chi connectivity index (χ3v) is 6.32. The van der Waals surface area contributed by atoms with Gasteiger partial charge in [-0.05, 0) is 56.8 Å². The summed E-state index contributed by atoms with van der Waals surface area (Å²) in [4.78, 5) is 18.4. The van der Waals surface area contributed by atoms with E-state index in [1.165, 1.54) is 11.3 Å². The topological polar surface area (TPSA) is 32.8 Å². The lowest BCUT2D eigenvalue weighted by atomic mass is 9.78. The number of benzene rings is 2. The molecule has 0 bridgehead atoms. The molecule has 1 saturated heterocycles. The van der Waals surface area contributed by atoms with Crippen LogP contribution in [0.4, 0.5) is 5.69 Å². The maximum absolute atomic E-state index is 13.9. The quantitative estimate of drug-likeness (QED) is 0.416. The molecule has 1 atom stereocenters. The normalized spacial score (nSPS) is 16.5. The van der Waals surface area contributed by atoms with Gasteiger partial charge in [-0.3, -0.25) is 9.69 Å². The molecule has 1 heterocycles. The van der Waals surface area contributed by atoms with Gasteiger partial charge in [0.1, 0.15) is 0 Å². The van der Waals surface area contributed by atoms with Crippen LogP contribution in [-0.2, 0) is 11.2 Å². The number of anilines is 1. The molecule has 4 nitrogen and oxygen atoms in total. The van der Waals surface area contributed by atoms with Crippen molar-refractivity contribution in [1.82, 2.24) is 4.90 Å². The highest BCUT2D eigenvalue weighted by Gasteiger charge is 2.40. The fraction of sp³-hybridized carbons (Fsp3) is 0.500. The third kappa shape index (κ3) is 5.30. The number of nitrogens with zero attached hydrogens (tertiary/aromatic N) is 2. The van der Waals surface area contributed by atoms with Crippen molar-refractivity contribution in [3.05, 3.63) is 65.7 Å². The minimum Gasteiger partial charge on any atom is -0.378 e. The van der Waals surface area contributed by atoms with E-state index in [-0.39, 0.29) is 5.78 Å². The van der Waals surface area contributed by atoms with Crippen LogP contribution in [0.2, 0.25) is 0 Å². The largest absolute Gasteiger partial charge is 0.378 e. The summed E-state index contributed by atoms with van der Waals surface area (Å²) in [7, 11) is 4.10. The van der Waals surface area contributed by atoms with E-state index < -0.39 is 5.54 Å². The fourth-order valence-electron chi connectivity index (χ4n) is 4.38. The van der Waals surface area contributed by atoms with Crippen LogP contribution in [0.3, 0.4) is 0 Å². The summed E-state index contributed by atoms with van der Waals surface area (Å²) in [6.07, 6.45) is 4.95. The number of ketones is 1. The second-order valence-corrected chi connectivity index (χ2v) is 8.52. The van der Waals surface area contributed by atoms with E-state index in [0.717, 1.165) is 64.0 Å². The Labute approximate surface area is 181 Å². The molecule has 4 heteroatoms. The molecular weight excluding hydrogens is 372 g/mol. The van der Waals surface area contributed by atoms with Gasteiger partial charge in [0.05, 0.1) is 18.8 Å². The number of carbonyl (C=O) groups is 1. The average Bonchev–Trinajstić information content (AvgIpc) is 2.79. The minimum atomic E-state index is -0.531. The van der Waals surface area contributed by atoms with Gasteiger partial charge in [0.15, 0.2) is 5.78 Å². The van der Waals surface area contributed by atoms with Crippen molar-refractivity contribution in [2.45, 2.75) is 44.6 Å². The first-order valence-electron chi connectivity index (χ1n) is 11.3. The van der Waals surface area contributed by atoms with Gasteiger partial charge < -0.3 is 9.64 Å². The highest BCUT2D eigenvalue weighted by molar-refractivity contribution is 6.03. The molecule has 162 valence electrons. The Morgan fingerprint density at radius 2 is 1.67 bits per heavy atom. The van der Waals surface area contributed by atoms with Gasteiger partial charge in [0.25, 0.3) is 0 Å². The molecular formula is C26H36N2O2. The highest BCUT2D eigenvalue weighted by atomic mass is 16.5. The zero-order valence-electron chi connectivity index (χ0n) is 18.8. The van der Waals surface area contributed by atoms with Crippen molar-refractivity contribution in [3.8, 4) is 0 Å². The third-order valence-electron chi connectivity index (χ3n) is 6.32. The number of rotatable bonds is 10. The van der Waals surface area contributed by atoms with Crippen LogP contribution in [-0.4, -0.2) is 56.6 Å². The first-order valence-corrected chi connectivity index (χ1v) is 11.3. The number of ether oxygens (including phenoxy) is 1. The number of morpholine rings is 1. The molecule has 2 aromatic carbocycles. The molecule has 0 radical (unpaired) electrons. The van der Waals surface area contributed by atoms with E-state index in [4.69, 9.17) is 4.74 Å². The van der Waals surface area contributed by atoms with Crippen molar-refractivity contribution >= 4 is 11.5 Å². The average molecular weight is 409 g/mol. The molecule has 0 spiro atoms. The van der Waals surface area contributed by atoms with Crippen molar-refractivity contribution in [3.63, 3.8) is 0 Å². The monoisotopic (exact) mass is 408 g/mol. The molecule has 3 rings (SSSR count). The van der Waals surface area contributed by atoms with E-state index in [1.54, 1.807) is 0 Å². The van der Waals surface area contributed by atoms with Crippen molar-refractivity contribution in [2.24, 2.45) is 0 Å². The summed E-state index contributed by atoms with van der Waals surface area (Å²) >= 11 is 0. The summed E-state index contributed by atoms with van der Waals surface area (Å²) in [5, 5.41) is 0. The second-order valence-electron chi connectivity index (χ2n) is 8.52. The predicted molar refractivity (Wildman–Crippen MR) is 125 cm³/mol. The molecule has 1 aliphatic rings. The number of Topliss-reactive ketones (excluding diaryl/α,β-unsaturated/α-hetero) is 1. The van der Waals surface area contributed by atoms with Crippen LogP contribution >= 0.6 is 0 Å². The minimum absolute atomic E-state index is 0.223.